The fourth-order valence-electron chi connectivity index (χ4n) is 2.63. The molecule has 0 bridgehead atoms. The number of hydrogen-bond donors (Lipinski definition) is 1. The SMILES string of the molecule is CCC1(C(C)(C)O)CCCCC1. The quantitative estimate of drug-likeness (QED) is 0.675. The van der Waals surface area contributed by atoms with Gasteiger partial charge in [-0.1, -0.05) is 26.2 Å². The van der Waals surface area contributed by atoms with Crippen LogP contribution in [0.4, 0.5) is 0 Å². The molecule has 0 aromatic rings. The molecule has 1 N–H and O–H groups in total. The van der Waals surface area contributed by atoms with Crippen LogP contribution in [0.15, 0.2) is 0 Å². The number of aliphatic hydroxyl groups is 1. The molecule has 1 heteroatoms. The van der Waals surface area contributed by atoms with Crippen molar-refractivity contribution in [3.05, 3.63) is 0 Å². The zero-order chi connectivity index (χ0) is 9.24. The van der Waals surface area contributed by atoms with Crippen molar-refractivity contribution >= 4 is 0 Å². The van der Waals surface area contributed by atoms with E-state index < -0.39 is 5.60 Å². The first kappa shape index (κ1) is 10.0. The van der Waals surface area contributed by atoms with Crippen LogP contribution in [0.1, 0.15) is 59.3 Å². The van der Waals surface area contributed by atoms with Crippen molar-refractivity contribution in [3.63, 3.8) is 0 Å². The molecule has 1 nitrogen and oxygen atoms in total. The summed E-state index contributed by atoms with van der Waals surface area (Å²) >= 11 is 0. The molecule has 12 heavy (non-hydrogen) atoms. The van der Waals surface area contributed by atoms with Gasteiger partial charge in [-0.25, -0.2) is 0 Å². The van der Waals surface area contributed by atoms with E-state index in [1.54, 1.807) is 0 Å². The van der Waals surface area contributed by atoms with E-state index in [9.17, 15) is 5.11 Å². The Kier molecular flexibility index (Phi) is 2.82. The molecule has 0 radical (unpaired) electrons. The van der Waals surface area contributed by atoms with Gasteiger partial charge in [0, 0.05) is 0 Å². The Morgan fingerprint density at radius 1 is 1.17 bits per heavy atom. The highest BCUT2D eigenvalue weighted by Crippen LogP contribution is 2.47. The normalized spacial score (nSPS) is 24.0. The lowest BCUT2D eigenvalue weighted by molar-refractivity contribution is -0.0792. The summed E-state index contributed by atoms with van der Waals surface area (Å²) in [5, 5.41) is 10.1. The van der Waals surface area contributed by atoms with Crippen molar-refractivity contribution in [2.24, 2.45) is 5.41 Å². The lowest BCUT2D eigenvalue weighted by atomic mass is 9.63. The van der Waals surface area contributed by atoms with Crippen molar-refractivity contribution in [3.8, 4) is 0 Å². The van der Waals surface area contributed by atoms with Crippen LogP contribution in [0.3, 0.4) is 0 Å². The fraction of sp³-hybridized carbons (Fsp3) is 1.00. The van der Waals surface area contributed by atoms with Crippen molar-refractivity contribution in [2.45, 2.75) is 64.9 Å². The van der Waals surface area contributed by atoms with Crippen LogP contribution in [0, 0.1) is 5.41 Å². The van der Waals surface area contributed by atoms with Crippen LogP contribution in [0.25, 0.3) is 0 Å². The van der Waals surface area contributed by atoms with Gasteiger partial charge in [0.05, 0.1) is 5.60 Å². The van der Waals surface area contributed by atoms with Gasteiger partial charge in [-0.05, 0) is 38.5 Å². The minimum atomic E-state index is -0.484. The Bertz CT molecular complexity index is 138. The van der Waals surface area contributed by atoms with Gasteiger partial charge in [-0.3, -0.25) is 0 Å². The van der Waals surface area contributed by atoms with Crippen molar-refractivity contribution in [1.29, 1.82) is 0 Å². The molecule has 0 heterocycles. The summed E-state index contributed by atoms with van der Waals surface area (Å²) in [6, 6.07) is 0. The Balaban J connectivity index is 2.73. The van der Waals surface area contributed by atoms with Gasteiger partial charge in [0.2, 0.25) is 0 Å². The van der Waals surface area contributed by atoms with E-state index in [1.807, 2.05) is 13.8 Å². The second-order valence-electron chi connectivity index (χ2n) is 4.75. The molecule has 1 aliphatic carbocycles. The molecule has 1 saturated carbocycles. The van der Waals surface area contributed by atoms with Gasteiger partial charge in [-0.15, -0.1) is 0 Å². The highest BCUT2D eigenvalue weighted by Gasteiger charge is 2.42. The predicted molar refractivity (Wildman–Crippen MR) is 52.1 cm³/mol. The van der Waals surface area contributed by atoms with Gasteiger partial charge >= 0.3 is 0 Å². The number of hydrogen-bond acceptors (Lipinski definition) is 1. The standard InChI is InChI=1S/C11H22O/c1-4-11(10(2,3)12)8-6-5-7-9-11/h12H,4-9H2,1-3H3. The minimum absolute atomic E-state index is 0.214. The number of rotatable bonds is 2. The molecular weight excluding hydrogens is 148 g/mol. The van der Waals surface area contributed by atoms with Crippen LogP contribution in [-0.4, -0.2) is 10.7 Å². The Morgan fingerprint density at radius 2 is 1.67 bits per heavy atom. The van der Waals surface area contributed by atoms with Gasteiger partial charge in [0.25, 0.3) is 0 Å². The highest BCUT2D eigenvalue weighted by molar-refractivity contribution is 4.93. The molecule has 0 atom stereocenters. The maximum atomic E-state index is 10.1. The van der Waals surface area contributed by atoms with Crippen molar-refractivity contribution in [1.82, 2.24) is 0 Å². The summed E-state index contributed by atoms with van der Waals surface area (Å²) in [5.74, 6) is 0. The van der Waals surface area contributed by atoms with Crippen LogP contribution >= 0.6 is 0 Å². The van der Waals surface area contributed by atoms with Crippen molar-refractivity contribution < 1.29 is 5.11 Å². The third kappa shape index (κ3) is 1.66. The van der Waals surface area contributed by atoms with E-state index in [1.165, 1.54) is 32.1 Å². The fourth-order valence-corrected chi connectivity index (χ4v) is 2.63. The van der Waals surface area contributed by atoms with Crippen LogP contribution in [0.2, 0.25) is 0 Å². The molecule has 0 aromatic heterocycles. The molecule has 0 amide bonds. The van der Waals surface area contributed by atoms with Crippen molar-refractivity contribution in [2.75, 3.05) is 0 Å². The molecular formula is C11H22O. The van der Waals surface area contributed by atoms with Gasteiger partial charge in [0.15, 0.2) is 0 Å². The molecule has 0 unspecified atom stereocenters. The lowest BCUT2D eigenvalue weighted by Crippen LogP contribution is -2.44. The third-order valence-corrected chi connectivity index (χ3v) is 3.79. The maximum Gasteiger partial charge on any atom is 0.0647 e. The van der Waals surface area contributed by atoms with E-state index in [0.29, 0.717) is 0 Å². The molecule has 1 aliphatic rings. The molecule has 0 aromatic carbocycles. The first-order valence-corrected chi connectivity index (χ1v) is 5.24. The molecule has 1 rings (SSSR count). The summed E-state index contributed by atoms with van der Waals surface area (Å²) < 4.78 is 0. The molecule has 0 aliphatic heterocycles. The van der Waals surface area contributed by atoms with Crippen LogP contribution in [0.5, 0.6) is 0 Å². The minimum Gasteiger partial charge on any atom is -0.390 e. The predicted octanol–water partition coefficient (Wildman–Crippen LogP) is 3.12. The largest absolute Gasteiger partial charge is 0.390 e. The van der Waals surface area contributed by atoms with Gasteiger partial charge in [0.1, 0.15) is 0 Å². The maximum absolute atomic E-state index is 10.1. The first-order valence-electron chi connectivity index (χ1n) is 5.24. The first-order chi connectivity index (χ1) is 5.52. The van der Waals surface area contributed by atoms with E-state index >= 15 is 0 Å². The van der Waals surface area contributed by atoms with Crippen LogP contribution < -0.4 is 0 Å². The summed E-state index contributed by atoms with van der Waals surface area (Å²) in [5.41, 5.74) is -0.270. The monoisotopic (exact) mass is 170 g/mol. The molecule has 1 fully saturated rings. The van der Waals surface area contributed by atoms with Gasteiger partial charge in [-0.2, -0.15) is 0 Å². The summed E-state index contributed by atoms with van der Waals surface area (Å²) in [6.07, 6.45) is 7.52. The average molecular weight is 170 g/mol. The molecule has 72 valence electrons. The average Bonchev–Trinajstić information content (AvgIpc) is 2.04. The smallest absolute Gasteiger partial charge is 0.0647 e. The summed E-state index contributed by atoms with van der Waals surface area (Å²) in [4.78, 5) is 0. The zero-order valence-electron chi connectivity index (χ0n) is 8.69. The van der Waals surface area contributed by atoms with Crippen LogP contribution in [-0.2, 0) is 0 Å². The Hall–Kier alpha value is -0.0400. The highest BCUT2D eigenvalue weighted by atomic mass is 16.3. The second kappa shape index (κ2) is 3.37. The molecule has 0 saturated heterocycles. The van der Waals surface area contributed by atoms with E-state index in [2.05, 4.69) is 6.92 Å². The summed E-state index contributed by atoms with van der Waals surface area (Å²) in [7, 11) is 0. The zero-order valence-corrected chi connectivity index (χ0v) is 8.69. The van der Waals surface area contributed by atoms with E-state index in [0.717, 1.165) is 6.42 Å². The second-order valence-corrected chi connectivity index (χ2v) is 4.75. The van der Waals surface area contributed by atoms with Gasteiger partial charge < -0.3 is 5.11 Å². The Morgan fingerprint density at radius 3 is 1.92 bits per heavy atom. The molecule has 0 spiro atoms. The lowest BCUT2D eigenvalue weighted by Gasteiger charge is -2.45. The van der Waals surface area contributed by atoms with E-state index in [-0.39, 0.29) is 5.41 Å². The summed E-state index contributed by atoms with van der Waals surface area (Å²) in [6.45, 7) is 6.16. The topological polar surface area (TPSA) is 20.2 Å². The third-order valence-electron chi connectivity index (χ3n) is 3.79. The Labute approximate surface area is 76.2 Å². The van der Waals surface area contributed by atoms with E-state index in [4.69, 9.17) is 0 Å².